The number of halogens is 4. The van der Waals surface area contributed by atoms with Gasteiger partial charge in [-0.3, -0.25) is 28.8 Å². The normalized spacial score (nSPS) is 20.5. The van der Waals surface area contributed by atoms with Crippen molar-refractivity contribution in [3.8, 4) is 11.5 Å². The van der Waals surface area contributed by atoms with E-state index in [0.29, 0.717) is 39.1 Å². The number of hydrogen-bond donors (Lipinski definition) is 1. The Bertz CT molecular complexity index is 3100. The van der Waals surface area contributed by atoms with Crippen LogP contribution in [0.15, 0.2) is 88.7 Å². The summed E-state index contributed by atoms with van der Waals surface area (Å²) in [4.78, 5) is 83.2. The number of Topliss-reactive ketones (excluding diaryl/α,β-unsaturated/α-hetero) is 2. The lowest BCUT2D eigenvalue weighted by Crippen LogP contribution is -2.52. The molecule has 386 valence electrons. The molecular weight excluding hydrogens is 953 g/mol. The van der Waals surface area contributed by atoms with Crippen LogP contribution in [0.4, 0.5) is 17.6 Å². The molecule has 0 saturated heterocycles. The molecule has 2 spiro atoms. The molecule has 5 aromatic rings. The maximum Gasteiger partial charge on any atom is 0.274 e. The summed E-state index contributed by atoms with van der Waals surface area (Å²) in [5, 5.41) is 10.7. The highest BCUT2D eigenvalue weighted by Crippen LogP contribution is 2.55. The lowest BCUT2D eigenvalue weighted by molar-refractivity contribution is 0.0535. The molecule has 2 amide bonds. The summed E-state index contributed by atoms with van der Waals surface area (Å²) in [5.41, 5.74) is -1.98. The van der Waals surface area contributed by atoms with E-state index >= 15 is 0 Å². The van der Waals surface area contributed by atoms with Crippen molar-refractivity contribution < 1.29 is 56.1 Å². The Morgan fingerprint density at radius 1 is 0.658 bits per heavy atom. The molecule has 0 unspecified atom stereocenters. The van der Waals surface area contributed by atoms with Gasteiger partial charge < -0.3 is 38.3 Å². The van der Waals surface area contributed by atoms with Gasteiger partial charge in [0.1, 0.15) is 29.9 Å². The fraction of sp³-hybridized carbons (Fsp3) is 0.418. The Hall–Kier alpha value is -6.92. The molecule has 0 bridgehead atoms. The Morgan fingerprint density at radius 3 is 1.56 bits per heavy atom. The predicted molar refractivity (Wildman–Crippen MR) is 260 cm³/mol. The number of carbonyl (C=O) groups is 4. The number of benzene rings is 3. The van der Waals surface area contributed by atoms with Crippen molar-refractivity contribution in [1.29, 1.82) is 0 Å². The van der Waals surface area contributed by atoms with Gasteiger partial charge in [-0.2, -0.15) is 0 Å². The van der Waals surface area contributed by atoms with E-state index in [-0.39, 0.29) is 102 Å². The number of fused-ring (bicyclic) bond motifs is 4. The molecule has 1 N–H and O–H groups in total. The fourth-order valence-corrected chi connectivity index (χ4v) is 10.3. The van der Waals surface area contributed by atoms with Gasteiger partial charge in [0.15, 0.2) is 34.5 Å². The van der Waals surface area contributed by atoms with Crippen molar-refractivity contribution in [1.82, 2.24) is 18.9 Å². The van der Waals surface area contributed by atoms with Crippen molar-refractivity contribution in [2.75, 3.05) is 40.5 Å². The lowest BCUT2D eigenvalue weighted by atomic mass is 9.99. The Kier molecular flexibility index (Phi) is 15.0. The Balaban J connectivity index is 0.000000199. The minimum absolute atomic E-state index is 0.0101. The number of rotatable bonds is 17. The first-order valence-corrected chi connectivity index (χ1v) is 24.3. The molecule has 73 heavy (non-hydrogen) atoms. The summed E-state index contributed by atoms with van der Waals surface area (Å²) in [5.74, 6) is -5.66. The van der Waals surface area contributed by atoms with Gasteiger partial charge in [0.05, 0.1) is 35.4 Å². The maximum atomic E-state index is 14.2. The van der Waals surface area contributed by atoms with E-state index in [1.54, 1.807) is 33.2 Å². The van der Waals surface area contributed by atoms with E-state index in [2.05, 4.69) is 0 Å². The second-order valence-electron chi connectivity index (χ2n) is 19.9. The van der Waals surface area contributed by atoms with Gasteiger partial charge >= 0.3 is 0 Å². The lowest BCUT2D eigenvalue weighted by Gasteiger charge is -2.40. The number of carbonyl (C=O) groups excluding carboxylic acids is 4. The van der Waals surface area contributed by atoms with E-state index in [4.69, 9.17) is 14.2 Å². The SMILES string of the molecule is COC[C@H]1C[C@]12CN(C(C)C)C(=O)c1c(O)c(=O)c(C(=O)CCc3ccc(F)cc3F)cn12.COC[C@H]1C[C@]12CN(C(C)C)C(=O)c1c(OCc3ccccc3)c(=O)c(C(=O)CCc3ccc(F)cc3F)cn12. The van der Waals surface area contributed by atoms with E-state index in [0.717, 1.165) is 29.8 Å². The maximum absolute atomic E-state index is 14.2. The zero-order chi connectivity index (χ0) is 52.7. The molecule has 2 aromatic heterocycles. The molecular formula is C55H58F4N4O10. The fourth-order valence-electron chi connectivity index (χ4n) is 10.3. The van der Waals surface area contributed by atoms with Crippen LogP contribution in [0.1, 0.15) is 112 Å². The van der Waals surface area contributed by atoms with Crippen LogP contribution in [0.3, 0.4) is 0 Å². The summed E-state index contributed by atoms with van der Waals surface area (Å²) in [6, 6.07) is 15.2. The summed E-state index contributed by atoms with van der Waals surface area (Å²) in [7, 11) is 3.19. The highest BCUT2D eigenvalue weighted by Gasteiger charge is 2.62. The summed E-state index contributed by atoms with van der Waals surface area (Å²) in [6.07, 6.45) is 3.77. The summed E-state index contributed by atoms with van der Waals surface area (Å²) < 4.78 is 74.7. The van der Waals surface area contributed by atoms with Crippen LogP contribution < -0.4 is 15.6 Å². The monoisotopic (exact) mass is 1010 g/mol. The number of methoxy groups -OCH3 is 2. The number of ketones is 2. The van der Waals surface area contributed by atoms with Crippen molar-refractivity contribution in [3.05, 3.63) is 162 Å². The minimum atomic E-state index is -0.927. The second kappa shape index (κ2) is 20.9. The van der Waals surface area contributed by atoms with Crippen molar-refractivity contribution >= 4 is 23.4 Å². The molecule has 9 rings (SSSR count). The topological polar surface area (TPSA) is 167 Å². The van der Waals surface area contributed by atoms with Crippen molar-refractivity contribution in [2.24, 2.45) is 11.8 Å². The number of hydrogen-bond acceptors (Lipinski definition) is 10. The van der Waals surface area contributed by atoms with Crippen molar-refractivity contribution in [3.63, 3.8) is 0 Å². The van der Waals surface area contributed by atoms with Crippen LogP contribution in [0.25, 0.3) is 0 Å². The van der Waals surface area contributed by atoms with Gasteiger partial charge in [-0.1, -0.05) is 42.5 Å². The van der Waals surface area contributed by atoms with Gasteiger partial charge in [-0.05, 0) is 82.2 Å². The largest absolute Gasteiger partial charge is 0.503 e. The number of aryl methyl sites for hydroxylation is 2. The van der Waals surface area contributed by atoms with Gasteiger partial charge in [0, 0.05) is 88.6 Å². The Morgan fingerprint density at radius 2 is 1.11 bits per heavy atom. The first-order chi connectivity index (χ1) is 34.8. The van der Waals surface area contributed by atoms with Crippen LogP contribution in [-0.4, -0.2) is 100 Å². The first-order valence-electron chi connectivity index (χ1n) is 24.3. The minimum Gasteiger partial charge on any atom is -0.503 e. The third kappa shape index (κ3) is 10.1. The van der Waals surface area contributed by atoms with Crippen LogP contribution in [0.5, 0.6) is 11.5 Å². The molecule has 14 nitrogen and oxygen atoms in total. The summed E-state index contributed by atoms with van der Waals surface area (Å²) in [6.45, 7) is 9.27. The van der Waals surface area contributed by atoms with Gasteiger partial charge in [0.25, 0.3) is 11.8 Å². The highest BCUT2D eigenvalue weighted by molar-refractivity contribution is 6.01. The van der Waals surface area contributed by atoms with Crippen LogP contribution >= 0.6 is 0 Å². The number of nitrogens with zero attached hydrogens (tertiary/aromatic N) is 4. The highest BCUT2D eigenvalue weighted by atomic mass is 19.1. The van der Waals surface area contributed by atoms with E-state index in [1.807, 2.05) is 58.0 Å². The molecule has 2 aliphatic carbocycles. The van der Waals surface area contributed by atoms with E-state index in [1.165, 1.54) is 24.5 Å². The number of aromatic nitrogens is 2. The molecule has 18 heteroatoms. The zero-order valence-electron chi connectivity index (χ0n) is 41.5. The average molecular weight is 1010 g/mol. The van der Waals surface area contributed by atoms with Gasteiger partial charge in [-0.15, -0.1) is 0 Å². The number of amides is 2. The van der Waals surface area contributed by atoms with Gasteiger partial charge in [0.2, 0.25) is 10.9 Å². The van der Waals surface area contributed by atoms with E-state index in [9.17, 15) is 51.4 Å². The zero-order valence-corrected chi connectivity index (χ0v) is 41.5. The van der Waals surface area contributed by atoms with Crippen LogP contribution in [0, 0.1) is 35.1 Å². The molecule has 4 heterocycles. The first kappa shape index (κ1) is 52.4. The van der Waals surface area contributed by atoms with Crippen LogP contribution in [0.2, 0.25) is 0 Å². The number of pyridine rings is 2. The molecule has 2 saturated carbocycles. The average Bonchev–Trinajstić information content (AvgIpc) is 4.25. The smallest absolute Gasteiger partial charge is 0.274 e. The third-order valence-electron chi connectivity index (χ3n) is 14.6. The molecule has 0 radical (unpaired) electrons. The molecule has 3 aromatic carbocycles. The van der Waals surface area contributed by atoms with Crippen molar-refractivity contribution in [2.45, 2.75) is 96.0 Å². The van der Waals surface area contributed by atoms with E-state index < -0.39 is 68.4 Å². The van der Waals surface area contributed by atoms with Crippen LogP contribution in [-0.2, 0) is 40.0 Å². The predicted octanol–water partition coefficient (Wildman–Crippen LogP) is 7.62. The molecule has 2 fully saturated rings. The molecule has 2 aliphatic heterocycles. The second-order valence-corrected chi connectivity index (χ2v) is 19.9. The summed E-state index contributed by atoms with van der Waals surface area (Å²) >= 11 is 0. The molecule has 4 aliphatic rings. The number of aromatic hydroxyl groups is 1. The quantitative estimate of drug-likeness (QED) is 0.0724. The molecule has 4 atom stereocenters. The van der Waals surface area contributed by atoms with Gasteiger partial charge in [-0.25, -0.2) is 17.6 Å². The number of ether oxygens (including phenoxy) is 3. The Labute approximate surface area is 419 Å². The standard InChI is InChI=1S/C31H32F2N2O5.C24H26F2N2O5/c1-19(2)34-18-31(14-22(31)17-39-3)35-15-24(26(36)12-10-21-9-11-23(32)13-25(21)33)28(37)29(27(35)30(34)38)40-16-20-7-5-4-6-8-20;1-13(2)27-12-24(9-15(24)11-33-3)28-10-17(21(30)22(31)20(28)23(27)32)19(29)7-5-14-4-6-16(25)8-18(14)26/h4-9,11,13,15,19,22H,10,12,14,16-18H2,1-3H3;4,6,8,10,13,15,31H,5,7,9,11-12H2,1-3H3/t22-,31+;15-,24+/m11/s1. The third-order valence-corrected chi connectivity index (χ3v) is 14.6.